The van der Waals surface area contributed by atoms with Crippen LogP contribution < -0.4 is 25.2 Å². The van der Waals surface area contributed by atoms with Crippen LogP contribution in [0.25, 0.3) is 10.9 Å². The van der Waals surface area contributed by atoms with Crippen molar-refractivity contribution < 1.29 is 33.1 Å². The number of imide groups is 2. The fraction of sp³-hybridized carbons (Fsp3) is 0.432. The van der Waals surface area contributed by atoms with Crippen LogP contribution in [0.3, 0.4) is 0 Å². The molecule has 6 heterocycles. The van der Waals surface area contributed by atoms with E-state index in [9.17, 15) is 29.2 Å². The van der Waals surface area contributed by atoms with Crippen LogP contribution in [0.1, 0.15) is 88.1 Å². The Morgan fingerprint density at radius 3 is 2.33 bits per heavy atom. The molecule has 4 aliphatic heterocycles. The van der Waals surface area contributed by atoms with Crippen molar-refractivity contribution >= 4 is 51.9 Å². The van der Waals surface area contributed by atoms with Crippen LogP contribution >= 0.6 is 0 Å². The second kappa shape index (κ2) is 16.8. The first-order valence-electron chi connectivity index (χ1n) is 21.0. The van der Waals surface area contributed by atoms with Crippen molar-refractivity contribution in [2.45, 2.75) is 69.6 Å². The maximum Gasteiger partial charge on any atom is 0.272 e. The number of hydrogen-bond acceptors (Lipinski definition) is 13. The molecule has 9 rings (SSSR count). The molecular weight excluding hydrogens is 784 g/mol. The van der Waals surface area contributed by atoms with E-state index < -0.39 is 35.5 Å². The zero-order valence-corrected chi connectivity index (χ0v) is 33.5. The van der Waals surface area contributed by atoms with Gasteiger partial charge in [0.05, 0.1) is 34.0 Å². The van der Waals surface area contributed by atoms with Gasteiger partial charge in [0.1, 0.15) is 23.7 Å². The molecule has 0 spiro atoms. The number of amides is 5. The van der Waals surface area contributed by atoms with Crippen LogP contribution in [0.15, 0.2) is 54.7 Å². The van der Waals surface area contributed by atoms with Gasteiger partial charge in [-0.05, 0) is 99.4 Å². The Hall–Kier alpha value is -6.54. The maximum atomic E-state index is 15.4. The van der Waals surface area contributed by atoms with Gasteiger partial charge < -0.3 is 19.9 Å². The molecule has 2 aromatic heterocycles. The molecule has 1 aliphatic carbocycles. The summed E-state index contributed by atoms with van der Waals surface area (Å²) in [6.07, 6.45) is 6.75. The van der Waals surface area contributed by atoms with Gasteiger partial charge in [0.2, 0.25) is 11.8 Å². The Bertz CT molecular complexity index is 2440. The number of piperidine rings is 2. The number of aromatic nitrogens is 3. The first-order chi connectivity index (χ1) is 29.6. The molecule has 0 radical (unpaired) electrons. The summed E-state index contributed by atoms with van der Waals surface area (Å²) in [4.78, 5) is 75.3. The lowest BCUT2D eigenvalue weighted by molar-refractivity contribution is -0.136. The number of rotatable bonds is 9. The molecule has 4 fully saturated rings. The van der Waals surface area contributed by atoms with Crippen LogP contribution in [-0.4, -0.2) is 119 Å². The molecule has 1 atom stereocenters. The third kappa shape index (κ3) is 8.07. The fourth-order valence-electron chi connectivity index (χ4n) is 9.32. The second-order valence-electron chi connectivity index (χ2n) is 16.5. The normalized spacial score (nSPS) is 22.6. The van der Waals surface area contributed by atoms with Crippen LogP contribution in [0.2, 0.25) is 0 Å². The number of fused-ring (bicyclic) bond motifs is 2. The number of hydrogen-bond donors (Lipinski definition) is 2. The quantitative estimate of drug-likeness (QED) is 0.233. The van der Waals surface area contributed by atoms with Crippen LogP contribution in [0, 0.1) is 23.1 Å². The number of nitrogens with one attached hydrogen (secondary N) is 2. The molecule has 1 unspecified atom stereocenters. The van der Waals surface area contributed by atoms with Crippen LogP contribution in [-0.2, 0) is 9.59 Å². The number of piperazine rings is 1. The zero-order valence-electron chi connectivity index (χ0n) is 33.5. The van der Waals surface area contributed by atoms with E-state index in [1.807, 2.05) is 29.2 Å². The van der Waals surface area contributed by atoms with Gasteiger partial charge in [-0.2, -0.15) is 5.26 Å². The standard InChI is InChI=1S/C44H45FN10O6/c45-33-22-31-32(44(60)55(43(31)59)35-9-12-39(56)49-42(35)58)23-36(33)53-20-18-52(19-21-53)25-26-13-16-54(17-14-26)38-11-8-34(50-51-38)41(57)48-28-4-6-29(7-5-28)61-37-10-3-27(24-46)40-30(37)2-1-15-47-40/h1-3,8,10-11,15,22-23,26,28-29,35H,4-7,9,12-14,16-21,25H2,(H,48,57)(H,49,56,58)/t28-,29-,35?. The molecule has 5 aliphatic rings. The second-order valence-corrected chi connectivity index (χ2v) is 16.5. The molecule has 0 bridgehead atoms. The summed E-state index contributed by atoms with van der Waals surface area (Å²) in [7, 11) is 0. The average molecular weight is 829 g/mol. The molecule has 1 saturated carbocycles. The average Bonchev–Trinajstić information content (AvgIpc) is 3.51. The maximum absolute atomic E-state index is 15.4. The Labute approximate surface area is 351 Å². The first kappa shape index (κ1) is 39.9. The summed E-state index contributed by atoms with van der Waals surface area (Å²) in [6, 6.07) is 14.5. The topological polar surface area (TPSA) is 194 Å². The number of halogens is 1. The molecule has 3 saturated heterocycles. The smallest absolute Gasteiger partial charge is 0.272 e. The Morgan fingerprint density at radius 2 is 1.62 bits per heavy atom. The zero-order chi connectivity index (χ0) is 42.2. The highest BCUT2D eigenvalue weighted by atomic mass is 19.1. The predicted molar refractivity (Wildman–Crippen MR) is 219 cm³/mol. The Morgan fingerprint density at radius 1 is 0.869 bits per heavy atom. The van der Waals surface area contributed by atoms with Crippen molar-refractivity contribution in [2.75, 3.05) is 55.6 Å². The monoisotopic (exact) mass is 828 g/mol. The molecule has 2 N–H and O–H groups in total. The molecule has 4 aromatic rings. The molecule has 314 valence electrons. The van der Waals surface area contributed by atoms with E-state index in [2.05, 4.69) is 41.7 Å². The van der Waals surface area contributed by atoms with Gasteiger partial charge in [-0.1, -0.05) is 0 Å². The van der Waals surface area contributed by atoms with Crippen molar-refractivity contribution in [1.82, 2.24) is 35.6 Å². The van der Waals surface area contributed by atoms with Gasteiger partial charge >= 0.3 is 0 Å². The molecule has 61 heavy (non-hydrogen) atoms. The van der Waals surface area contributed by atoms with Gasteiger partial charge in [0, 0.05) is 69.9 Å². The lowest BCUT2D eigenvalue weighted by Crippen LogP contribution is -2.54. The van der Waals surface area contributed by atoms with Gasteiger partial charge in [0.15, 0.2) is 11.5 Å². The van der Waals surface area contributed by atoms with E-state index in [1.165, 1.54) is 6.07 Å². The van der Waals surface area contributed by atoms with Crippen molar-refractivity contribution in [3.63, 3.8) is 0 Å². The Balaban J connectivity index is 0.709. The third-order valence-corrected chi connectivity index (χ3v) is 12.7. The number of carbonyl (C=O) groups is 5. The lowest BCUT2D eigenvalue weighted by Gasteiger charge is -2.39. The van der Waals surface area contributed by atoms with Gasteiger partial charge in [-0.3, -0.25) is 44.1 Å². The minimum absolute atomic E-state index is 0.00180. The number of anilines is 2. The number of pyridine rings is 1. The van der Waals surface area contributed by atoms with Crippen LogP contribution in [0.5, 0.6) is 5.75 Å². The molecule has 16 nitrogen and oxygen atoms in total. The first-order valence-corrected chi connectivity index (χ1v) is 21.0. The van der Waals surface area contributed by atoms with E-state index in [0.29, 0.717) is 48.9 Å². The van der Waals surface area contributed by atoms with E-state index >= 15 is 4.39 Å². The fourth-order valence-corrected chi connectivity index (χ4v) is 9.32. The predicted octanol–water partition coefficient (Wildman–Crippen LogP) is 3.60. The minimum Gasteiger partial charge on any atom is -0.490 e. The third-order valence-electron chi connectivity index (χ3n) is 12.7. The van der Waals surface area contributed by atoms with Crippen molar-refractivity contribution in [1.29, 1.82) is 5.26 Å². The molecule has 17 heteroatoms. The summed E-state index contributed by atoms with van der Waals surface area (Å²) >= 11 is 0. The number of benzene rings is 2. The van der Waals surface area contributed by atoms with Gasteiger partial charge in [0.25, 0.3) is 17.7 Å². The van der Waals surface area contributed by atoms with Gasteiger partial charge in [-0.25, -0.2) is 4.39 Å². The number of ether oxygens (including phenoxy) is 1. The Kier molecular flexibility index (Phi) is 11.0. The lowest BCUT2D eigenvalue weighted by atomic mass is 9.92. The highest BCUT2D eigenvalue weighted by molar-refractivity contribution is 6.23. The number of nitrogens with zero attached hydrogens (tertiary/aromatic N) is 8. The number of carbonyl (C=O) groups excluding carboxylic acids is 5. The molecular formula is C44H45FN10O6. The minimum atomic E-state index is -1.10. The van der Waals surface area contributed by atoms with E-state index in [0.717, 1.165) is 80.3 Å². The van der Waals surface area contributed by atoms with Crippen molar-refractivity contribution in [2.24, 2.45) is 5.92 Å². The van der Waals surface area contributed by atoms with Gasteiger partial charge in [-0.15, -0.1) is 10.2 Å². The van der Waals surface area contributed by atoms with E-state index in [1.54, 1.807) is 18.3 Å². The van der Waals surface area contributed by atoms with Crippen molar-refractivity contribution in [3.05, 3.63) is 82.9 Å². The van der Waals surface area contributed by atoms with Crippen molar-refractivity contribution in [3.8, 4) is 11.8 Å². The summed E-state index contributed by atoms with van der Waals surface area (Å²) < 4.78 is 21.8. The SMILES string of the molecule is N#Cc1ccc(O[C@H]2CC[C@H](NC(=O)c3ccc(N4CCC(CN5CCN(c6cc7c(cc6F)C(=O)N(C6CCC(=O)NC6=O)C7=O)CC5)CC4)nn3)CC2)c2cccnc12. The summed E-state index contributed by atoms with van der Waals surface area (Å²) in [5.74, 6) is -1.46. The number of nitriles is 1. The van der Waals surface area contributed by atoms with Crippen LogP contribution in [0.4, 0.5) is 15.9 Å². The summed E-state index contributed by atoms with van der Waals surface area (Å²) in [5, 5.41) is 24.2. The van der Waals surface area contributed by atoms with E-state index in [-0.39, 0.29) is 53.4 Å². The largest absolute Gasteiger partial charge is 0.490 e. The molecule has 2 aromatic carbocycles. The molecule has 5 amide bonds. The highest BCUT2D eigenvalue weighted by Gasteiger charge is 2.45. The summed E-state index contributed by atoms with van der Waals surface area (Å²) in [6.45, 7) is 5.06. The highest BCUT2D eigenvalue weighted by Crippen LogP contribution is 2.34. The van der Waals surface area contributed by atoms with E-state index in [4.69, 9.17) is 4.74 Å². The summed E-state index contributed by atoms with van der Waals surface area (Å²) in [5.41, 5.74) is 1.67.